The van der Waals surface area contributed by atoms with Gasteiger partial charge in [-0.05, 0) is 84.8 Å². The fourth-order valence-corrected chi connectivity index (χ4v) is 7.02. The van der Waals surface area contributed by atoms with Gasteiger partial charge in [0.2, 0.25) is 0 Å². The molecule has 0 spiro atoms. The summed E-state index contributed by atoms with van der Waals surface area (Å²) in [6.07, 6.45) is 2.79. The minimum absolute atomic E-state index is 0.448. The monoisotopic (exact) mass is 790 g/mol. The molecular formula is C49H50N4O6. The van der Waals surface area contributed by atoms with Gasteiger partial charge in [0.15, 0.2) is 0 Å². The van der Waals surface area contributed by atoms with Crippen molar-refractivity contribution < 1.29 is 28.4 Å². The predicted octanol–water partition coefficient (Wildman–Crippen LogP) is 8.56. The van der Waals surface area contributed by atoms with Gasteiger partial charge >= 0.3 is 0 Å². The van der Waals surface area contributed by atoms with E-state index in [0.29, 0.717) is 66.1 Å². The van der Waals surface area contributed by atoms with Crippen molar-refractivity contribution in [2.45, 2.75) is 6.42 Å². The zero-order valence-corrected chi connectivity index (χ0v) is 33.3. The van der Waals surface area contributed by atoms with Crippen LogP contribution < -0.4 is 9.47 Å². The zero-order valence-electron chi connectivity index (χ0n) is 33.3. The summed E-state index contributed by atoms with van der Waals surface area (Å²) >= 11 is 0. The van der Waals surface area contributed by atoms with Gasteiger partial charge < -0.3 is 28.4 Å². The van der Waals surface area contributed by atoms with E-state index in [1.165, 1.54) is 5.56 Å². The van der Waals surface area contributed by atoms with E-state index in [2.05, 4.69) is 70.5 Å². The van der Waals surface area contributed by atoms with Gasteiger partial charge in [0, 0.05) is 53.3 Å². The highest BCUT2D eigenvalue weighted by Gasteiger charge is 2.11. The molecule has 0 saturated carbocycles. The topological polar surface area (TPSA) is 97.3 Å². The molecule has 10 heteroatoms. The van der Waals surface area contributed by atoms with Crippen LogP contribution in [-0.2, 0) is 25.4 Å². The van der Waals surface area contributed by atoms with Crippen LogP contribution in [0.25, 0.3) is 55.6 Å². The van der Waals surface area contributed by atoms with Crippen LogP contribution in [0.2, 0.25) is 0 Å². The van der Waals surface area contributed by atoms with Crippen molar-refractivity contribution in [2.24, 2.45) is 0 Å². The normalized spacial score (nSPS) is 15.7. The largest absolute Gasteiger partial charge is 0.491 e. The first-order valence-corrected chi connectivity index (χ1v) is 20.5. The lowest BCUT2D eigenvalue weighted by molar-refractivity contribution is 0.0169. The molecule has 0 fully saturated rings. The highest BCUT2D eigenvalue weighted by molar-refractivity contribution is 6.04. The number of aromatic nitrogens is 3. The summed E-state index contributed by atoms with van der Waals surface area (Å²) in [5, 5.41) is 2.08. The molecule has 6 heterocycles. The predicted molar refractivity (Wildman–Crippen MR) is 232 cm³/mol. The van der Waals surface area contributed by atoms with Crippen LogP contribution in [0.3, 0.4) is 0 Å². The van der Waals surface area contributed by atoms with Crippen LogP contribution in [0.15, 0.2) is 134 Å². The van der Waals surface area contributed by atoms with Crippen LogP contribution in [0.4, 0.5) is 0 Å². The number of pyridine rings is 3. The molecule has 0 radical (unpaired) electrons. The molecule has 0 unspecified atom stereocenters. The number of nitrogens with zero attached hydrogens (tertiary/aromatic N) is 4. The van der Waals surface area contributed by atoms with Gasteiger partial charge in [-0.25, -0.2) is 9.97 Å². The van der Waals surface area contributed by atoms with Crippen molar-refractivity contribution >= 4 is 21.8 Å². The maximum Gasteiger partial charge on any atom is 0.119 e. The van der Waals surface area contributed by atoms with Crippen molar-refractivity contribution in [1.82, 2.24) is 19.9 Å². The number of ether oxygens (including phenoxy) is 6. The third-order valence-corrected chi connectivity index (χ3v) is 10.3. The highest BCUT2D eigenvalue weighted by Crippen LogP contribution is 2.30. The van der Waals surface area contributed by atoms with Crippen molar-refractivity contribution in [3.63, 3.8) is 0 Å². The third kappa shape index (κ3) is 11.3. The summed E-state index contributed by atoms with van der Waals surface area (Å²) in [5.74, 6) is 1.56. The summed E-state index contributed by atoms with van der Waals surface area (Å²) in [6.45, 7) is 7.52. The highest BCUT2D eigenvalue weighted by atomic mass is 16.5. The molecule has 59 heavy (non-hydrogen) atoms. The summed E-state index contributed by atoms with van der Waals surface area (Å²) in [4.78, 5) is 17.2. The Kier molecular flexibility index (Phi) is 14.1. The Balaban J connectivity index is 0.897. The minimum atomic E-state index is 0.448. The van der Waals surface area contributed by atoms with Crippen molar-refractivity contribution in [1.29, 1.82) is 0 Å². The molecule has 10 rings (SSSR count). The number of rotatable bonds is 4. The number of fused-ring (bicyclic) bond motifs is 2. The van der Waals surface area contributed by atoms with Crippen LogP contribution >= 0.6 is 0 Å². The Morgan fingerprint density at radius 1 is 0.441 bits per heavy atom. The lowest BCUT2D eigenvalue weighted by Crippen LogP contribution is -2.33. The van der Waals surface area contributed by atoms with Crippen molar-refractivity contribution in [3.8, 4) is 45.3 Å². The Morgan fingerprint density at radius 3 is 1.46 bits per heavy atom. The minimum Gasteiger partial charge on any atom is -0.491 e. The van der Waals surface area contributed by atoms with Crippen LogP contribution in [0.1, 0.15) is 5.56 Å². The molecule has 0 aliphatic carbocycles. The van der Waals surface area contributed by atoms with Gasteiger partial charge in [0.05, 0.1) is 81.0 Å². The van der Waals surface area contributed by atoms with Gasteiger partial charge in [0.25, 0.3) is 0 Å². The second kappa shape index (κ2) is 20.8. The van der Waals surface area contributed by atoms with Crippen LogP contribution in [0, 0.1) is 0 Å². The second-order valence-corrected chi connectivity index (χ2v) is 14.3. The SMILES string of the molecule is c1ccc(-c2cc(CCN3CCOCCOCCOc4ccc(cc4)-c4ccc5ccc6ccc(nc6c5n4)-c4ccc(cc4)OCCOCCOCC3)ccn2)cc1. The third-order valence-electron chi connectivity index (χ3n) is 10.3. The maximum absolute atomic E-state index is 5.98. The molecule has 0 atom stereocenters. The zero-order chi connectivity index (χ0) is 39.9. The Morgan fingerprint density at radius 2 is 0.915 bits per heavy atom. The standard InChI is InChI=1S/C49H50N4O6/c1-2-4-38(5-3-1)47-36-37(20-22-50-47)21-23-53-24-26-54-28-30-56-32-34-58-43-14-8-39(9-15-43)45-18-12-41-6-7-42-13-19-46(52-49(42)48(41)51-45)40-10-16-44(17-11-40)59-35-33-57-31-29-55-27-25-53/h1-20,22,36H,21,23-35H2. The van der Waals surface area contributed by atoms with E-state index in [4.69, 9.17) is 38.4 Å². The van der Waals surface area contributed by atoms with Crippen molar-refractivity contribution in [2.75, 3.05) is 85.7 Å². The van der Waals surface area contributed by atoms with E-state index in [1.54, 1.807) is 0 Å². The number of hydrogen-bond donors (Lipinski definition) is 0. The van der Waals surface area contributed by atoms with Gasteiger partial charge in [-0.1, -0.05) is 54.6 Å². The van der Waals surface area contributed by atoms with E-state index < -0.39 is 0 Å². The molecular weight excluding hydrogens is 741 g/mol. The van der Waals surface area contributed by atoms with Crippen LogP contribution in [0.5, 0.6) is 11.5 Å². The molecule has 7 aromatic rings. The molecule has 10 nitrogen and oxygen atoms in total. The summed E-state index contributed by atoms with van der Waals surface area (Å²) < 4.78 is 35.6. The average Bonchev–Trinajstić information content (AvgIpc) is 3.29. The van der Waals surface area contributed by atoms with Gasteiger partial charge in [-0.3, -0.25) is 9.88 Å². The Hall–Kier alpha value is -5.75. The first-order valence-electron chi connectivity index (χ1n) is 20.5. The Labute approximate surface area is 345 Å². The van der Waals surface area contributed by atoms with Gasteiger partial charge in [0.1, 0.15) is 24.7 Å². The molecule has 0 N–H and O–H groups in total. The van der Waals surface area contributed by atoms with Gasteiger partial charge in [-0.15, -0.1) is 0 Å². The van der Waals surface area contributed by atoms with Crippen LogP contribution in [-0.4, -0.2) is 106 Å². The molecule has 3 aromatic heterocycles. The summed E-state index contributed by atoms with van der Waals surface area (Å²) in [6, 6.07) is 43.1. The molecule has 3 aliphatic heterocycles. The summed E-state index contributed by atoms with van der Waals surface area (Å²) in [5.41, 5.74) is 8.85. The van der Waals surface area contributed by atoms with E-state index in [0.717, 1.165) is 93.1 Å². The quantitative estimate of drug-likeness (QED) is 0.161. The number of benzene rings is 4. The number of hydrogen-bond acceptors (Lipinski definition) is 10. The first kappa shape index (κ1) is 40.0. The lowest BCUT2D eigenvalue weighted by atomic mass is 10.1. The first-order chi connectivity index (χ1) is 29.2. The maximum atomic E-state index is 5.98. The summed E-state index contributed by atoms with van der Waals surface area (Å²) in [7, 11) is 0. The molecule has 8 bridgehead atoms. The van der Waals surface area contributed by atoms with Gasteiger partial charge in [-0.2, -0.15) is 0 Å². The fourth-order valence-electron chi connectivity index (χ4n) is 7.02. The molecule has 302 valence electrons. The Bertz CT molecular complexity index is 2250. The smallest absolute Gasteiger partial charge is 0.119 e. The second-order valence-electron chi connectivity index (χ2n) is 14.3. The van der Waals surface area contributed by atoms with E-state index >= 15 is 0 Å². The molecule has 0 saturated heterocycles. The van der Waals surface area contributed by atoms with E-state index in [1.807, 2.05) is 72.9 Å². The van der Waals surface area contributed by atoms with E-state index in [-0.39, 0.29) is 0 Å². The molecule has 0 amide bonds. The lowest BCUT2D eigenvalue weighted by Gasteiger charge is -2.22. The molecule has 4 aromatic carbocycles. The average molecular weight is 791 g/mol. The van der Waals surface area contributed by atoms with E-state index in [9.17, 15) is 0 Å². The van der Waals surface area contributed by atoms with Crippen molar-refractivity contribution in [3.05, 3.63) is 139 Å². The fraction of sp³-hybridized carbons (Fsp3) is 0.286. The molecule has 3 aliphatic rings.